The van der Waals surface area contributed by atoms with Crippen LogP contribution in [0.1, 0.15) is 42.6 Å². The van der Waals surface area contributed by atoms with Crippen LogP contribution in [0.3, 0.4) is 0 Å². The standard InChI is InChI=1S/C17H18ClN3O3/c18-15-14(20-8-4-3-7-13(20)19-15)16(22)21-11-6-2-1-5-10(11)9-12(21)17(23)24/h3-4,7-8,10-12H,1-2,5-6,9H2,(H,23,24)/t10-,11+,12+/m1/s1. The first-order valence-electron chi connectivity index (χ1n) is 8.26. The Morgan fingerprint density at radius 1 is 1.25 bits per heavy atom. The van der Waals surface area contributed by atoms with E-state index in [-0.39, 0.29) is 28.7 Å². The molecule has 0 aromatic carbocycles. The number of carbonyl (C=O) groups excluding carboxylic acids is 1. The van der Waals surface area contributed by atoms with Crippen molar-refractivity contribution in [3.8, 4) is 0 Å². The van der Waals surface area contributed by atoms with E-state index in [0.717, 1.165) is 25.7 Å². The molecule has 0 radical (unpaired) electrons. The maximum absolute atomic E-state index is 13.2. The number of nitrogens with zero attached hydrogens (tertiary/aromatic N) is 3. The summed E-state index contributed by atoms with van der Waals surface area (Å²) in [6.07, 6.45) is 6.23. The number of halogens is 1. The van der Waals surface area contributed by atoms with Gasteiger partial charge in [0.25, 0.3) is 5.91 Å². The van der Waals surface area contributed by atoms with Crippen molar-refractivity contribution in [1.82, 2.24) is 14.3 Å². The van der Waals surface area contributed by atoms with Crippen molar-refractivity contribution in [3.63, 3.8) is 0 Å². The van der Waals surface area contributed by atoms with Gasteiger partial charge in [0.2, 0.25) is 0 Å². The molecular formula is C17H18ClN3O3. The number of amides is 1. The van der Waals surface area contributed by atoms with Crippen LogP contribution in [-0.4, -0.2) is 43.4 Å². The minimum absolute atomic E-state index is 0.0160. The maximum atomic E-state index is 13.2. The number of carboxylic acids is 1. The average Bonchev–Trinajstić information content (AvgIpc) is 3.11. The van der Waals surface area contributed by atoms with E-state index >= 15 is 0 Å². The Bertz CT molecular complexity index is 819. The fourth-order valence-corrected chi connectivity index (χ4v) is 4.51. The molecule has 24 heavy (non-hydrogen) atoms. The highest BCUT2D eigenvalue weighted by atomic mass is 35.5. The van der Waals surface area contributed by atoms with Gasteiger partial charge in [0.1, 0.15) is 11.7 Å². The van der Waals surface area contributed by atoms with Crippen LogP contribution in [-0.2, 0) is 4.79 Å². The first kappa shape index (κ1) is 15.4. The van der Waals surface area contributed by atoms with Crippen LogP contribution >= 0.6 is 11.6 Å². The molecule has 2 aromatic rings. The molecule has 0 spiro atoms. The second-order valence-corrected chi connectivity index (χ2v) is 6.95. The van der Waals surface area contributed by atoms with Gasteiger partial charge in [-0.05, 0) is 37.3 Å². The van der Waals surface area contributed by atoms with Crippen LogP contribution in [0.5, 0.6) is 0 Å². The summed E-state index contributed by atoms with van der Waals surface area (Å²) in [7, 11) is 0. The lowest BCUT2D eigenvalue weighted by molar-refractivity contribution is -0.141. The van der Waals surface area contributed by atoms with Gasteiger partial charge in [0.05, 0.1) is 0 Å². The van der Waals surface area contributed by atoms with Crippen molar-refractivity contribution in [3.05, 3.63) is 35.2 Å². The second kappa shape index (κ2) is 5.77. The zero-order chi connectivity index (χ0) is 16.8. The summed E-state index contributed by atoms with van der Waals surface area (Å²) in [4.78, 5) is 30.7. The molecule has 1 saturated carbocycles. The monoisotopic (exact) mass is 347 g/mol. The Morgan fingerprint density at radius 3 is 2.83 bits per heavy atom. The summed E-state index contributed by atoms with van der Waals surface area (Å²) in [6, 6.07) is 4.59. The molecule has 4 rings (SSSR count). The predicted molar refractivity (Wildman–Crippen MR) is 88.2 cm³/mol. The zero-order valence-corrected chi connectivity index (χ0v) is 13.8. The molecule has 1 aliphatic carbocycles. The van der Waals surface area contributed by atoms with Crippen molar-refractivity contribution in [2.45, 2.75) is 44.2 Å². The van der Waals surface area contributed by atoms with E-state index in [2.05, 4.69) is 4.98 Å². The van der Waals surface area contributed by atoms with Crippen molar-refractivity contribution in [1.29, 1.82) is 0 Å². The highest BCUT2D eigenvalue weighted by Gasteiger charge is 2.48. The number of aromatic nitrogens is 2. The van der Waals surface area contributed by atoms with Crippen molar-refractivity contribution >= 4 is 29.1 Å². The molecule has 2 aliphatic rings. The van der Waals surface area contributed by atoms with E-state index in [1.807, 2.05) is 6.07 Å². The molecule has 1 N–H and O–H groups in total. The summed E-state index contributed by atoms with van der Waals surface area (Å²) in [6.45, 7) is 0. The molecule has 0 unspecified atom stereocenters. The Kier molecular flexibility index (Phi) is 3.72. The van der Waals surface area contributed by atoms with Gasteiger partial charge in [0, 0.05) is 12.2 Å². The van der Waals surface area contributed by atoms with Crippen LogP contribution < -0.4 is 0 Å². The minimum Gasteiger partial charge on any atom is -0.480 e. The van der Waals surface area contributed by atoms with E-state index in [1.54, 1.807) is 27.6 Å². The number of imidazole rings is 1. The summed E-state index contributed by atoms with van der Waals surface area (Å²) >= 11 is 6.22. The molecule has 2 fully saturated rings. The fraction of sp³-hybridized carbons (Fsp3) is 0.471. The number of hydrogen-bond acceptors (Lipinski definition) is 3. The van der Waals surface area contributed by atoms with Crippen LogP contribution in [0.2, 0.25) is 5.15 Å². The van der Waals surface area contributed by atoms with Crippen LogP contribution in [0.4, 0.5) is 0 Å². The lowest BCUT2D eigenvalue weighted by Crippen LogP contribution is -2.46. The average molecular weight is 348 g/mol. The summed E-state index contributed by atoms with van der Waals surface area (Å²) in [5.41, 5.74) is 0.835. The molecule has 126 valence electrons. The van der Waals surface area contributed by atoms with Gasteiger partial charge >= 0.3 is 5.97 Å². The van der Waals surface area contributed by atoms with Crippen LogP contribution in [0, 0.1) is 5.92 Å². The number of carboxylic acid groups (broad SMARTS) is 1. The molecule has 1 aliphatic heterocycles. The van der Waals surface area contributed by atoms with Crippen molar-refractivity contribution < 1.29 is 14.7 Å². The van der Waals surface area contributed by atoms with Crippen molar-refractivity contribution in [2.24, 2.45) is 5.92 Å². The topological polar surface area (TPSA) is 74.9 Å². The number of fused-ring (bicyclic) bond motifs is 2. The summed E-state index contributed by atoms with van der Waals surface area (Å²) in [5, 5.41) is 9.73. The molecule has 0 bridgehead atoms. The molecule has 3 atom stereocenters. The number of likely N-dealkylation sites (tertiary alicyclic amines) is 1. The number of aliphatic carboxylic acids is 1. The smallest absolute Gasteiger partial charge is 0.326 e. The van der Waals surface area contributed by atoms with Crippen molar-refractivity contribution in [2.75, 3.05) is 0 Å². The number of rotatable bonds is 2. The van der Waals surface area contributed by atoms with Gasteiger partial charge in [0.15, 0.2) is 10.8 Å². The highest BCUT2D eigenvalue weighted by molar-refractivity contribution is 6.32. The predicted octanol–water partition coefficient (Wildman–Crippen LogP) is 2.85. The van der Waals surface area contributed by atoms with E-state index < -0.39 is 12.0 Å². The minimum atomic E-state index is -0.942. The molecule has 2 aromatic heterocycles. The molecular weight excluding hydrogens is 330 g/mol. The number of pyridine rings is 1. The van der Waals surface area contributed by atoms with E-state index in [4.69, 9.17) is 11.6 Å². The fourth-order valence-electron chi connectivity index (χ4n) is 4.25. The molecule has 1 amide bonds. The van der Waals surface area contributed by atoms with E-state index in [1.165, 1.54) is 0 Å². The first-order valence-corrected chi connectivity index (χ1v) is 8.64. The van der Waals surface area contributed by atoms with Crippen LogP contribution in [0.25, 0.3) is 5.65 Å². The maximum Gasteiger partial charge on any atom is 0.326 e. The third kappa shape index (κ3) is 2.28. The van der Waals surface area contributed by atoms with Gasteiger partial charge in [-0.3, -0.25) is 9.20 Å². The molecule has 1 saturated heterocycles. The zero-order valence-electron chi connectivity index (χ0n) is 13.1. The normalized spacial score (nSPS) is 26.5. The Balaban J connectivity index is 1.78. The molecule has 7 heteroatoms. The lowest BCUT2D eigenvalue weighted by Gasteiger charge is -2.32. The van der Waals surface area contributed by atoms with Gasteiger partial charge < -0.3 is 10.0 Å². The largest absolute Gasteiger partial charge is 0.480 e. The summed E-state index contributed by atoms with van der Waals surface area (Å²) in [5.74, 6) is -1.01. The number of hydrogen-bond donors (Lipinski definition) is 1. The van der Waals surface area contributed by atoms with Crippen LogP contribution in [0.15, 0.2) is 24.4 Å². The SMILES string of the molecule is O=C(O)[C@@H]1C[C@H]2CCCC[C@@H]2N1C(=O)c1c(Cl)nc2ccccn12. The van der Waals surface area contributed by atoms with Gasteiger partial charge in [-0.1, -0.05) is 30.5 Å². The second-order valence-electron chi connectivity index (χ2n) is 6.59. The molecule has 3 heterocycles. The highest BCUT2D eigenvalue weighted by Crippen LogP contribution is 2.41. The summed E-state index contributed by atoms with van der Waals surface area (Å²) < 4.78 is 1.64. The lowest BCUT2D eigenvalue weighted by atomic mass is 9.84. The third-order valence-electron chi connectivity index (χ3n) is 5.30. The number of carbonyl (C=O) groups is 2. The Morgan fingerprint density at radius 2 is 2.04 bits per heavy atom. The van der Waals surface area contributed by atoms with E-state index in [0.29, 0.717) is 12.1 Å². The van der Waals surface area contributed by atoms with Gasteiger partial charge in [-0.2, -0.15) is 0 Å². The Labute approximate surface area is 144 Å². The third-order valence-corrected chi connectivity index (χ3v) is 5.56. The van der Waals surface area contributed by atoms with E-state index in [9.17, 15) is 14.7 Å². The Hall–Kier alpha value is -2.08. The first-order chi connectivity index (χ1) is 11.6. The molecule has 6 nitrogen and oxygen atoms in total. The van der Waals surface area contributed by atoms with Gasteiger partial charge in [-0.25, -0.2) is 9.78 Å². The van der Waals surface area contributed by atoms with Gasteiger partial charge in [-0.15, -0.1) is 0 Å². The quantitative estimate of drug-likeness (QED) is 0.906.